The Labute approximate surface area is 150 Å². The maximum atomic E-state index is 12.1. The Bertz CT molecular complexity index is 651. The van der Waals surface area contributed by atoms with Gasteiger partial charge in [-0.2, -0.15) is 0 Å². The van der Waals surface area contributed by atoms with E-state index < -0.39 is 0 Å². The molecule has 8 heteroatoms. The standard InChI is InChI=1S/C16H20N2O4S2/c1-10-15(20)18(16(23)24-10)8-4-5-14(19)17-12-9-11(21-2)6-7-13(12)22-3/h6-7,9-10H,4-5,8H2,1-3H3,(H,17,19). The molecule has 2 amide bonds. The van der Waals surface area contributed by atoms with Crippen LogP contribution >= 0.6 is 24.0 Å². The molecule has 2 rings (SSSR count). The number of carbonyl (C=O) groups excluding carboxylic acids is 2. The van der Waals surface area contributed by atoms with Gasteiger partial charge in [-0.25, -0.2) is 0 Å². The summed E-state index contributed by atoms with van der Waals surface area (Å²) in [5.74, 6) is 1.05. The molecule has 0 saturated carbocycles. The van der Waals surface area contributed by atoms with Crippen LogP contribution in [0.25, 0.3) is 0 Å². The summed E-state index contributed by atoms with van der Waals surface area (Å²) in [6.45, 7) is 2.29. The van der Waals surface area contributed by atoms with Crippen LogP contribution in [0.15, 0.2) is 18.2 Å². The predicted octanol–water partition coefficient (Wildman–Crippen LogP) is 2.67. The largest absolute Gasteiger partial charge is 0.497 e. The number of amides is 2. The topological polar surface area (TPSA) is 67.9 Å². The van der Waals surface area contributed by atoms with Crippen molar-refractivity contribution in [3.05, 3.63) is 18.2 Å². The molecule has 1 atom stereocenters. The first-order valence-corrected chi connectivity index (χ1v) is 8.79. The van der Waals surface area contributed by atoms with Crippen LogP contribution in [0.1, 0.15) is 19.8 Å². The van der Waals surface area contributed by atoms with E-state index in [9.17, 15) is 9.59 Å². The first-order valence-electron chi connectivity index (χ1n) is 7.50. The van der Waals surface area contributed by atoms with Crippen LogP contribution in [-0.4, -0.2) is 47.0 Å². The number of thiocarbonyl (C=S) groups is 1. The minimum absolute atomic E-state index is 0.0138. The third kappa shape index (κ3) is 4.39. The van der Waals surface area contributed by atoms with Crippen LogP contribution < -0.4 is 14.8 Å². The molecule has 24 heavy (non-hydrogen) atoms. The molecule has 130 valence electrons. The lowest BCUT2D eigenvalue weighted by Crippen LogP contribution is -2.32. The SMILES string of the molecule is COc1ccc(OC)c(NC(=O)CCCN2C(=O)C(C)SC2=S)c1. The zero-order valence-electron chi connectivity index (χ0n) is 13.8. The normalized spacial score (nSPS) is 17.1. The zero-order valence-corrected chi connectivity index (χ0v) is 15.5. The fraction of sp³-hybridized carbons (Fsp3) is 0.438. The van der Waals surface area contributed by atoms with Crippen LogP contribution in [0.2, 0.25) is 0 Å². The van der Waals surface area contributed by atoms with Gasteiger partial charge >= 0.3 is 0 Å². The van der Waals surface area contributed by atoms with Gasteiger partial charge in [0.25, 0.3) is 0 Å². The van der Waals surface area contributed by atoms with Gasteiger partial charge < -0.3 is 14.8 Å². The summed E-state index contributed by atoms with van der Waals surface area (Å²) in [5, 5.41) is 2.68. The second-order valence-corrected chi connectivity index (χ2v) is 7.21. The number of methoxy groups -OCH3 is 2. The van der Waals surface area contributed by atoms with Crippen molar-refractivity contribution >= 4 is 45.8 Å². The zero-order chi connectivity index (χ0) is 17.7. The van der Waals surface area contributed by atoms with Crippen molar-refractivity contribution in [2.75, 3.05) is 26.1 Å². The molecule has 1 aromatic rings. The van der Waals surface area contributed by atoms with Crippen molar-refractivity contribution in [1.82, 2.24) is 4.90 Å². The van der Waals surface area contributed by atoms with Crippen LogP contribution in [0.4, 0.5) is 5.69 Å². The molecule has 1 heterocycles. The van der Waals surface area contributed by atoms with E-state index in [1.54, 1.807) is 30.2 Å². The van der Waals surface area contributed by atoms with Crippen LogP contribution in [0.3, 0.4) is 0 Å². The number of carbonyl (C=O) groups is 2. The molecule has 1 aliphatic heterocycles. The molecule has 1 unspecified atom stereocenters. The van der Waals surface area contributed by atoms with Gasteiger partial charge in [0.05, 0.1) is 25.2 Å². The molecule has 0 aromatic heterocycles. The van der Waals surface area contributed by atoms with Gasteiger partial charge in [0.2, 0.25) is 11.8 Å². The quantitative estimate of drug-likeness (QED) is 0.747. The maximum Gasteiger partial charge on any atom is 0.241 e. The molecule has 1 fully saturated rings. The Morgan fingerprint density at radius 1 is 1.38 bits per heavy atom. The van der Waals surface area contributed by atoms with Gasteiger partial charge in [0.1, 0.15) is 15.8 Å². The molecular formula is C16H20N2O4S2. The number of ether oxygens (including phenoxy) is 2. The van der Waals surface area contributed by atoms with E-state index in [1.165, 1.54) is 18.9 Å². The molecule has 1 saturated heterocycles. The van der Waals surface area contributed by atoms with E-state index in [4.69, 9.17) is 21.7 Å². The second kappa shape index (κ2) is 8.34. The van der Waals surface area contributed by atoms with E-state index in [1.807, 2.05) is 6.92 Å². The van der Waals surface area contributed by atoms with Crippen molar-refractivity contribution in [1.29, 1.82) is 0 Å². The summed E-state index contributed by atoms with van der Waals surface area (Å²) in [4.78, 5) is 25.6. The average molecular weight is 368 g/mol. The molecule has 0 radical (unpaired) electrons. The van der Waals surface area contributed by atoms with E-state index in [2.05, 4.69) is 5.32 Å². The molecule has 0 spiro atoms. The van der Waals surface area contributed by atoms with Crippen LogP contribution in [0, 0.1) is 0 Å². The van der Waals surface area contributed by atoms with Gasteiger partial charge in [-0.1, -0.05) is 24.0 Å². The van der Waals surface area contributed by atoms with Crippen LogP contribution in [-0.2, 0) is 9.59 Å². The number of benzene rings is 1. The van der Waals surface area contributed by atoms with Crippen molar-refractivity contribution in [3.63, 3.8) is 0 Å². The number of rotatable bonds is 7. The van der Waals surface area contributed by atoms with Crippen LogP contribution in [0.5, 0.6) is 11.5 Å². The smallest absolute Gasteiger partial charge is 0.241 e. The summed E-state index contributed by atoms with van der Waals surface area (Å²) >= 11 is 6.56. The monoisotopic (exact) mass is 368 g/mol. The highest BCUT2D eigenvalue weighted by Gasteiger charge is 2.33. The second-order valence-electron chi connectivity index (χ2n) is 5.23. The molecule has 1 aliphatic rings. The molecule has 0 bridgehead atoms. The number of thioether (sulfide) groups is 1. The lowest BCUT2D eigenvalue weighted by molar-refractivity contribution is -0.126. The fourth-order valence-corrected chi connectivity index (χ4v) is 3.75. The van der Waals surface area contributed by atoms with Gasteiger partial charge in [0.15, 0.2) is 0 Å². The Morgan fingerprint density at radius 3 is 2.71 bits per heavy atom. The molecular weight excluding hydrogens is 348 g/mol. The summed E-state index contributed by atoms with van der Waals surface area (Å²) in [7, 11) is 3.10. The summed E-state index contributed by atoms with van der Waals surface area (Å²) in [5.41, 5.74) is 0.554. The van der Waals surface area contributed by atoms with E-state index >= 15 is 0 Å². The van der Waals surface area contributed by atoms with Gasteiger partial charge in [-0.3, -0.25) is 14.5 Å². The summed E-state index contributed by atoms with van der Waals surface area (Å²) in [6.07, 6.45) is 0.823. The van der Waals surface area contributed by atoms with E-state index in [0.717, 1.165) is 0 Å². The van der Waals surface area contributed by atoms with E-state index in [-0.39, 0.29) is 23.5 Å². The minimum atomic E-state index is -0.153. The van der Waals surface area contributed by atoms with Gasteiger partial charge in [-0.15, -0.1) is 0 Å². The lowest BCUT2D eigenvalue weighted by atomic mass is 10.2. The highest BCUT2D eigenvalue weighted by atomic mass is 32.2. The predicted molar refractivity (Wildman–Crippen MR) is 98.8 cm³/mol. The summed E-state index contributed by atoms with van der Waals surface area (Å²) < 4.78 is 11.0. The van der Waals surface area contributed by atoms with E-state index in [0.29, 0.717) is 34.5 Å². The number of nitrogens with zero attached hydrogens (tertiary/aromatic N) is 1. The third-order valence-electron chi connectivity index (χ3n) is 3.58. The minimum Gasteiger partial charge on any atom is -0.497 e. The molecule has 0 aliphatic carbocycles. The number of hydrogen-bond donors (Lipinski definition) is 1. The Kier molecular flexibility index (Phi) is 6.44. The fourth-order valence-electron chi connectivity index (χ4n) is 2.30. The molecule has 1 aromatic carbocycles. The van der Waals surface area contributed by atoms with Gasteiger partial charge in [-0.05, 0) is 25.5 Å². The summed E-state index contributed by atoms with van der Waals surface area (Å²) in [6, 6.07) is 5.19. The number of hydrogen-bond acceptors (Lipinski definition) is 6. The molecule has 1 N–H and O–H groups in total. The van der Waals surface area contributed by atoms with Crippen molar-refractivity contribution < 1.29 is 19.1 Å². The Hall–Kier alpha value is -1.80. The van der Waals surface area contributed by atoms with Crippen molar-refractivity contribution in [3.8, 4) is 11.5 Å². The van der Waals surface area contributed by atoms with Crippen molar-refractivity contribution in [2.45, 2.75) is 25.0 Å². The average Bonchev–Trinajstić information content (AvgIpc) is 2.80. The number of anilines is 1. The first-order chi connectivity index (χ1) is 11.5. The lowest BCUT2D eigenvalue weighted by Gasteiger charge is -2.15. The highest BCUT2D eigenvalue weighted by molar-refractivity contribution is 8.24. The van der Waals surface area contributed by atoms with Crippen molar-refractivity contribution in [2.24, 2.45) is 0 Å². The highest BCUT2D eigenvalue weighted by Crippen LogP contribution is 2.29. The Balaban J connectivity index is 1.88. The number of nitrogens with one attached hydrogen (secondary N) is 1. The molecule has 6 nitrogen and oxygen atoms in total. The first kappa shape index (κ1) is 18.5. The Morgan fingerprint density at radius 2 is 2.12 bits per heavy atom. The van der Waals surface area contributed by atoms with Gasteiger partial charge in [0, 0.05) is 19.0 Å². The maximum absolute atomic E-state index is 12.1. The third-order valence-corrected chi connectivity index (χ3v) is 5.06.